The van der Waals surface area contributed by atoms with Gasteiger partial charge in [0.05, 0.1) is 0 Å². The zero-order valence-corrected chi connectivity index (χ0v) is 10.1. The number of carbonyl (C=O) groups is 2. The van der Waals surface area contributed by atoms with Gasteiger partial charge in [-0.1, -0.05) is 0 Å². The molecular formula is C10H19NO4. The summed E-state index contributed by atoms with van der Waals surface area (Å²) in [7, 11) is 0. The van der Waals surface area contributed by atoms with Gasteiger partial charge in [-0.05, 0) is 41.5 Å². The van der Waals surface area contributed by atoms with Crippen LogP contribution >= 0.6 is 0 Å². The molecule has 5 nitrogen and oxygen atoms in total. The molecule has 1 amide bonds. The second-order valence-corrected chi connectivity index (χ2v) is 5.23. The van der Waals surface area contributed by atoms with E-state index in [1.54, 1.807) is 41.5 Å². The van der Waals surface area contributed by atoms with Crippen molar-refractivity contribution in [2.24, 2.45) is 0 Å². The van der Waals surface area contributed by atoms with Gasteiger partial charge in [0.15, 0.2) is 0 Å². The molecule has 1 N–H and O–H groups in total. The van der Waals surface area contributed by atoms with E-state index in [9.17, 15) is 9.59 Å². The molecule has 0 saturated carbocycles. The van der Waals surface area contributed by atoms with Crippen LogP contribution in [0.3, 0.4) is 0 Å². The quantitative estimate of drug-likeness (QED) is 0.500. The molecule has 0 rings (SSSR count). The third kappa shape index (κ3) is 9.05. The zero-order chi connectivity index (χ0) is 12.3. The maximum Gasteiger partial charge on any atom is 0.517 e. The summed E-state index contributed by atoms with van der Waals surface area (Å²) >= 11 is 0. The molecule has 15 heavy (non-hydrogen) atoms. The summed E-state index contributed by atoms with van der Waals surface area (Å²) in [5.74, 6) is 0. The van der Waals surface area contributed by atoms with Gasteiger partial charge in [-0.2, -0.15) is 0 Å². The van der Waals surface area contributed by atoms with Crippen LogP contribution in [0.15, 0.2) is 0 Å². The molecule has 0 aromatic carbocycles. The number of ether oxygens (including phenoxy) is 2. The Morgan fingerprint density at radius 2 is 1.47 bits per heavy atom. The third-order valence-electron chi connectivity index (χ3n) is 1.04. The first-order valence-corrected chi connectivity index (χ1v) is 4.72. The molecule has 88 valence electrons. The van der Waals surface area contributed by atoms with Crippen LogP contribution in [0.25, 0.3) is 0 Å². The number of nitrogens with one attached hydrogen (secondary N) is 1. The van der Waals surface area contributed by atoms with Crippen molar-refractivity contribution in [2.45, 2.75) is 52.7 Å². The van der Waals surface area contributed by atoms with Crippen LogP contribution in [0, 0.1) is 0 Å². The molecule has 0 spiro atoms. The van der Waals surface area contributed by atoms with Gasteiger partial charge in [-0.3, -0.25) is 0 Å². The van der Waals surface area contributed by atoms with E-state index in [-0.39, 0.29) is 0 Å². The van der Waals surface area contributed by atoms with Gasteiger partial charge in [-0.25, -0.2) is 9.59 Å². The Balaban J connectivity index is 4.04. The molecule has 0 atom stereocenters. The molecule has 5 heteroatoms. The summed E-state index contributed by atoms with van der Waals surface area (Å²) in [6, 6.07) is 0. The Bertz CT molecular complexity index is 221. The number of rotatable bonds is 0. The zero-order valence-electron chi connectivity index (χ0n) is 10.1. The predicted molar refractivity (Wildman–Crippen MR) is 55.6 cm³/mol. The highest BCUT2D eigenvalue weighted by atomic mass is 16.8. The lowest BCUT2D eigenvalue weighted by Gasteiger charge is -2.21. The lowest BCUT2D eigenvalue weighted by Crippen LogP contribution is -2.42. The molecule has 0 aromatic heterocycles. The lowest BCUT2D eigenvalue weighted by atomic mass is 10.1. The molecule has 0 aliphatic heterocycles. The van der Waals surface area contributed by atoms with E-state index in [1.165, 1.54) is 0 Å². The predicted octanol–water partition coefficient (Wildman–Crippen LogP) is 2.45. The fourth-order valence-corrected chi connectivity index (χ4v) is 0.678. The number of hydrogen-bond donors (Lipinski definition) is 1. The van der Waals surface area contributed by atoms with Crippen LogP contribution in [0.1, 0.15) is 41.5 Å². The van der Waals surface area contributed by atoms with Crippen LogP contribution < -0.4 is 5.32 Å². The van der Waals surface area contributed by atoms with E-state index in [2.05, 4.69) is 10.1 Å². The number of carbonyl (C=O) groups excluding carboxylic acids is 2. The van der Waals surface area contributed by atoms with Crippen molar-refractivity contribution in [2.75, 3.05) is 0 Å². The summed E-state index contributed by atoms with van der Waals surface area (Å²) < 4.78 is 9.19. The maximum absolute atomic E-state index is 11.1. The van der Waals surface area contributed by atoms with Crippen LogP contribution in [-0.2, 0) is 9.47 Å². The lowest BCUT2D eigenvalue weighted by molar-refractivity contribution is 0.00820. The molecule has 0 fully saturated rings. The molecule has 0 radical (unpaired) electrons. The first kappa shape index (κ1) is 13.7. The Hall–Kier alpha value is -1.26. The van der Waals surface area contributed by atoms with Gasteiger partial charge in [0.1, 0.15) is 5.60 Å². The fraction of sp³-hybridized carbons (Fsp3) is 0.800. The minimum atomic E-state index is -0.996. The van der Waals surface area contributed by atoms with Gasteiger partial charge >= 0.3 is 12.2 Å². The molecule has 0 aromatic rings. The molecule has 0 saturated heterocycles. The Labute approximate surface area is 90.1 Å². The summed E-state index contributed by atoms with van der Waals surface area (Å²) in [5, 5.41) is 2.47. The normalized spacial score (nSPS) is 11.9. The highest BCUT2D eigenvalue weighted by molar-refractivity contribution is 5.81. The van der Waals surface area contributed by atoms with E-state index < -0.39 is 23.4 Å². The molecule has 0 aliphatic carbocycles. The summed E-state index contributed by atoms with van der Waals surface area (Å²) in [4.78, 5) is 22.2. The largest absolute Gasteiger partial charge is 0.517 e. The van der Waals surface area contributed by atoms with Crippen molar-refractivity contribution in [1.29, 1.82) is 0 Å². The number of alkyl carbamates (subject to hydrolysis) is 1. The monoisotopic (exact) mass is 217 g/mol. The van der Waals surface area contributed by atoms with Crippen LogP contribution in [0.4, 0.5) is 9.59 Å². The number of amides is 1. The molecular weight excluding hydrogens is 198 g/mol. The molecule has 0 aliphatic rings. The SMILES string of the molecule is CC(C)(C)NC(=O)OC(=O)OC(C)(C)C. The Morgan fingerprint density at radius 1 is 1.00 bits per heavy atom. The van der Waals surface area contributed by atoms with Crippen molar-refractivity contribution in [3.8, 4) is 0 Å². The van der Waals surface area contributed by atoms with Crippen LogP contribution in [-0.4, -0.2) is 23.4 Å². The Morgan fingerprint density at radius 3 is 1.80 bits per heavy atom. The van der Waals surface area contributed by atoms with Gasteiger partial charge in [-0.15, -0.1) is 0 Å². The first-order chi connectivity index (χ1) is 6.49. The highest BCUT2D eigenvalue weighted by Crippen LogP contribution is 2.08. The second-order valence-electron chi connectivity index (χ2n) is 5.23. The van der Waals surface area contributed by atoms with Crippen molar-refractivity contribution >= 4 is 12.2 Å². The molecule has 0 unspecified atom stereocenters. The van der Waals surface area contributed by atoms with Crippen molar-refractivity contribution in [1.82, 2.24) is 5.32 Å². The van der Waals surface area contributed by atoms with Crippen LogP contribution in [0.5, 0.6) is 0 Å². The van der Waals surface area contributed by atoms with Crippen molar-refractivity contribution in [3.05, 3.63) is 0 Å². The van der Waals surface area contributed by atoms with Gasteiger partial charge < -0.3 is 14.8 Å². The second kappa shape index (κ2) is 4.51. The standard InChI is InChI=1S/C10H19NO4/c1-9(2,3)11-7(12)14-8(13)15-10(4,5)6/h1-6H3,(H,11,12). The number of hydrogen-bond acceptors (Lipinski definition) is 4. The minimum absolute atomic E-state index is 0.445. The minimum Gasteiger partial charge on any atom is -0.428 e. The van der Waals surface area contributed by atoms with Crippen LogP contribution in [0.2, 0.25) is 0 Å². The smallest absolute Gasteiger partial charge is 0.428 e. The van der Waals surface area contributed by atoms with E-state index in [0.29, 0.717) is 0 Å². The van der Waals surface area contributed by atoms with Gasteiger partial charge in [0, 0.05) is 5.54 Å². The Kier molecular flexibility index (Phi) is 4.13. The van der Waals surface area contributed by atoms with E-state index in [4.69, 9.17) is 4.74 Å². The van der Waals surface area contributed by atoms with E-state index in [1.807, 2.05) is 0 Å². The topological polar surface area (TPSA) is 64.6 Å². The third-order valence-corrected chi connectivity index (χ3v) is 1.04. The summed E-state index contributed by atoms with van der Waals surface area (Å²) in [6.45, 7) is 10.4. The van der Waals surface area contributed by atoms with Crippen molar-refractivity contribution in [3.63, 3.8) is 0 Å². The average Bonchev–Trinajstić information content (AvgIpc) is 1.73. The maximum atomic E-state index is 11.1. The summed E-state index contributed by atoms with van der Waals surface area (Å²) in [5.41, 5.74) is -1.11. The first-order valence-electron chi connectivity index (χ1n) is 4.72. The van der Waals surface area contributed by atoms with Crippen molar-refractivity contribution < 1.29 is 19.1 Å². The summed E-state index contributed by atoms with van der Waals surface area (Å²) in [6.07, 6.45) is -1.80. The average molecular weight is 217 g/mol. The van der Waals surface area contributed by atoms with E-state index in [0.717, 1.165) is 0 Å². The van der Waals surface area contributed by atoms with E-state index >= 15 is 0 Å². The molecule has 0 heterocycles. The fourth-order valence-electron chi connectivity index (χ4n) is 0.678. The van der Waals surface area contributed by atoms with Gasteiger partial charge in [0.2, 0.25) is 0 Å². The molecule has 0 bridgehead atoms. The van der Waals surface area contributed by atoms with Gasteiger partial charge in [0.25, 0.3) is 0 Å². The highest BCUT2D eigenvalue weighted by Gasteiger charge is 2.22.